The first kappa shape index (κ1) is 19.5. The van der Waals surface area contributed by atoms with Gasteiger partial charge in [0.25, 0.3) is 0 Å². The van der Waals surface area contributed by atoms with Crippen LogP contribution in [-0.2, 0) is 14.4 Å². The molecule has 0 rings (SSSR count). The minimum absolute atomic E-state index is 0.262. The molecule has 0 aliphatic carbocycles. The molecule has 3 amide bonds. The fourth-order valence-electron chi connectivity index (χ4n) is 2.02. The van der Waals surface area contributed by atoms with Crippen molar-refractivity contribution in [3.05, 3.63) is 0 Å². The van der Waals surface area contributed by atoms with Crippen molar-refractivity contribution in [1.29, 1.82) is 0 Å². The second-order valence-electron chi connectivity index (χ2n) is 5.69. The number of nitrogens with one attached hydrogen (secondary N) is 2. The van der Waals surface area contributed by atoms with E-state index >= 15 is 0 Å². The summed E-state index contributed by atoms with van der Waals surface area (Å²) in [4.78, 5) is 34.9. The van der Waals surface area contributed by atoms with Gasteiger partial charge >= 0.3 is 5.91 Å². The lowest BCUT2D eigenvalue weighted by Crippen LogP contribution is -2.67. The fraction of sp³-hybridized carbons (Fsp3) is 0.786. The number of hydrogen-bond acceptors (Lipinski definition) is 4. The predicted molar refractivity (Wildman–Crippen MR) is 79.8 cm³/mol. The highest BCUT2D eigenvalue weighted by molar-refractivity contribution is 5.89. The van der Waals surface area contributed by atoms with Crippen molar-refractivity contribution in [3.63, 3.8) is 0 Å². The number of unbranched alkanes of at least 4 members (excludes halogenated alkanes) is 1. The quantitative estimate of drug-likeness (QED) is 0.382. The maximum atomic E-state index is 12.2. The van der Waals surface area contributed by atoms with Crippen LogP contribution in [0.1, 0.15) is 46.5 Å². The van der Waals surface area contributed by atoms with E-state index in [0.29, 0.717) is 19.4 Å². The number of nitrogens with two attached hydrogens (primary N) is 1. The Morgan fingerprint density at radius 1 is 1.10 bits per heavy atom. The molecular weight excluding hydrogens is 272 g/mol. The molecule has 7 heteroatoms. The molecule has 122 valence electrons. The summed E-state index contributed by atoms with van der Waals surface area (Å²) >= 11 is 0. The van der Waals surface area contributed by atoms with Gasteiger partial charge in [0.2, 0.25) is 11.8 Å². The molecule has 0 aromatic heterocycles. The second kappa shape index (κ2) is 10.3. The Morgan fingerprint density at radius 3 is 2.14 bits per heavy atom. The number of carbonyl (C=O) groups is 3. The first-order valence-corrected chi connectivity index (χ1v) is 7.41. The Hall–Kier alpha value is -1.47. The molecule has 0 aliphatic heterocycles. The molecule has 0 saturated carbocycles. The predicted octanol–water partition coefficient (Wildman–Crippen LogP) is -1.08. The molecule has 0 heterocycles. The first-order chi connectivity index (χ1) is 9.77. The Labute approximate surface area is 126 Å². The van der Waals surface area contributed by atoms with Gasteiger partial charge in [0.15, 0.2) is 0 Å². The van der Waals surface area contributed by atoms with E-state index in [1.807, 2.05) is 13.8 Å². The lowest BCUT2D eigenvalue weighted by atomic mass is 10.0. The van der Waals surface area contributed by atoms with Crippen LogP contribution in [0.4, 0.5) is 0 Å². The van der Waals surface area contributed by atoms with Crippen LogP contribution in [0, 0.1) is 5.92 Å². The highest BCUT2D eigenvalue weighted by atomic mass is 16.2. The summed E-state index contributed by atoms with van der Waals surface area (Å²) in [5.41, 5.74) is 8.81. The molecule has 0 bridgehead atoms. The summed E-state index contributed by atoms with van der Waals surface area (Å²) in [6, 6.07) is -1.24. The third kappa shape index (κ3) is 9.14. The number of amides is 3. The molecule has 7 nitrogen and oxygen atoms in total. The van der Waals surface area contributed by atoms with Gasteiger partial charge in [-0.05, 0) is 38.1 Å². The van der Waals surface area contributed by atoms with Crippen molar-refractivity contribution in [2.45, 2.75) is 58.5 Å². The highest BCUT2D eigenvalue weighted by Gasteiger charge is 2.26. The van der Waals surface area contributed by atoms with Crippen LogP contribution in [0.25, 0.3) is 0 Å². The van der Waals surface area contributed by atoms with Crippen LogP contribution in [0.15, 0.2) is 0 Å². The smallest absolute Gasteiger partial charge is 0.331 e. The van der Waals surface area contributed by atoms with Crippen molar-refractivity contribution in [1.82, 2.24) is 10.6 Å². The Morgan fingerprint density at radius 2 is 1.71 bits per heavy atom. The standard InChI is InChI=1S/C14H28N4O3/c1-9(2)8-12(13(16)20)18-14(21)11(17-10(3)19)6-4-5-7-15/h9,11-12H,4-8,15H2,1-3H3,(H2,16,20)(H,17,19)(H,18,21)/p+1. The molecule has 2 atom stereocenters. The van der Waals surface area contributed by atoms with Gasteiger partial charge in [-0.15, -0.1) is 0 Å². The van der Waals surface area contributed by atoms with Gasteiger partial charge in [0.05, 0.1) is 0 Å². The van der Waals surface area contributed by atoms with Gasteiger partial charge in [-0.2, -0.15) is 0 Å². The largest absolute Gasteiger partial charge is 0.345 e. The van der Waals surface area contributed by atoms with Gasteiger partial charge < -0.3 is 16.4 Å². The SMILES string of the molecule is CC(=O)NC(CCCCN)C(=O)NC(CC(C)C)C([NH3+])=O. The highest BCUT2D eigenvalue weighted by Crippen LogP contribution is 2.06. The number of quaternary nitrogens is 1. The van der Waals surface area contributed by atoms with Crippen LogP contribution >= 0.6 is 0 Å². The monoisotopic (exact) mass is 301 g/mol. The number of hydrogen-bond donors (Lipinski definition) is 4. The third-order valence-electron chi connectivity index (χ3n) is 3.05. The van der Waals surface area contributed by atoms with Crippen molar-refractivity contribution in [2.75, 3.05) is 6.54 Å². The van der Waals surface area contributed by atoms with E-state index in [1.165, 1.54) is 6.92 Å². The minimum atomic E-state index is -0.636. The molecular formula is C14H29N4O3+. The zero-order valence-electron chi connectivity index (χ0n) is 13.3. The van der Waals surface area contributed by atoms with Crippen molar-refractivity contribution < 1.29 is 20.1 Å². The van der Waals surface area contributed by atoms with Gasteiger partial charge in [-0.25, -0.2) is 4.79 Å². The first-order valence-electron chi connectivity index (χ1n) is 7.41. The van der Waals surface area contributed by atoms with Crippen molar-refractivity contribution in [2.24, 2.45) is 11.7 Å². The molecule has 2 unspecified atom stereocenters. The van der Waals surface area contributed by atoms with Crippen molar-refractivity contribution in [3.8, 4) is 0 Å². The third-order valence-corrected chi connectivity index (χ3v) is 3.05. The lowest BCUT2D eigenvalue weighted by molar-refractivity contribution is -0.308. The zero-order valence-corrected chi connectivity index (χ0v) is 13.3. The maximum Gasteiger partial charge on any atom is 0.331 e. The van der Waals surface area contributed by atoms with E-state index < -0.39 is 12.1 Å². The average molecular weight is 301 g/mol. The van der Waals surface area contributed by atoms with E-state index in [1.54, 1.807) is 0 Å². The summed E-state index contributed by atoms with van der Waals surface area (Å²) < 4.78 is 0. The van der Waals surface area contributed by atoms with Gasteiger partial charge in [0, 0.05) is 6.92 Å². The molecule has 0 aromatic rings. The Bertz CT molecular complexity index is 358. The van der Waals surface area contributed by atoms with Gasteiger partial charge in [-0.1, -0.05) is 13.8 Å². The molecule has 21 heavy (non-hydrogen) atoms. The molecule has 0 fully saturated rings. The molecule has 7 N–H and O–H groups in total. The summed E-state index contributed by atoms with van der Waals surface area (Å²) in [6.45, 7) is 5.84. The number of rotatable bonds is 10. The molecule has 0 aromatic carbocycles. The van der Waals surface area contributed by atoms with E-state index in [2.05, 4.69) is 16.4 Å². The van der Waals surface area contributed by atoms with Gasteiger partial charge in [-0.3, -0.25) is 15.3 Å². The fourth-order valence-corrected chi connectivity index (χ4v) is 2.02. The van der Waals surface area contributed by atoms with E-state index in [4.69, 9.17) is 5.73 Å². The van der Waals surface area contributed by atoms with E-state index in [0.717, 1.165) is 12.8 Å². The van der Waals surface area contributed by atoms with Crippen LogP contribution in [0.3, 0.4) is 0 Å². The summed E-state index contributed by atoms with van der Waals surface area (Å²) in [5.74, 6) is -0.674. The molecule has 0 spiro atoms. The number of carbonyl (C=O) groups excluding carboxylic acids is 3. The molecule has 0 saturated heterocycles. The van der Waals surface area contributed by atoms with E-state index in [9.17, 15) is 14.4 Å². The topological polar surface area (TPSA) is 129 Å². The molecule has 0 aliphatic rings. The summed E-state index contributed by atoms with van der Waals surface area (Å²) in [5, 5.41) is 5.30. The average Bonchev–Trinajstić information content (AvgIpc) is 2.35. The Kier molecular flexibility index (Phi) is 9.56. The normalized spacial score (nSPS) is 13.6. The summed E-state index contributed by atoms with van der Waals surface area (Å²) in [7, 11) is 0. The molecule has 0 radical (unpaired) electrons. The van der Waals surface area contributed by atoms with Crippen LogP contribution < -0.4 is 22.1 Å². The van der Waals surface area contributed by atoms with Crippen LogP contribution in [0.2, 0.25) is 0 Å². The second-order valence-corrected chi connectivity index (χ2v) is 5.69. The van der Waals surface area contributed by atoms with Crippen LogP contribution in [0.5, 0.6) is 0 Å². The van der Waals surface area contributed by atoms with Crippen molar-refractivity contribution >= 4 is 17.7 Å². The zero-order chi connectivity index (χ0) is 16.4. The van der Waals surface area contributed by atoms with Crippen LogP contribution in [-0.4, -0.2) is 36.3 Å². The van der Waals surface area contributed by atoms with Gasteiger partial charge in [0.1, 0.15) is 12.1 Å². The summed E-state index contributed by atoms with van der Waals surface area (Å²) in [6.07, 6.45) is 2.56. The van der Waals surface area contributed by atoms with E-state index in [-0.39, 0.29) is 23.6 Å². The Balaban J connectivity index is 4.67. The minimum Gasteiger partial charge on any atom is -0.345 e. The lowest BCUT2D eigenvalue weighted by Gasteiger charge is -2.21. The maximum absolute atomic E-state index is 12.2.